The molecule has 1 unspecified atom stereocenters. The second-order valence-corrected chi connectivity index (χ2v) is 3.06. The van der Waals surface area contributed by atoms with E-state index in [4.69, 9.17) is 5.73 Å². The number of alkyl halides is 3. The highest BCUT2D eigenvalue weighted by Gasteiger charge is 2.35. The van der Waals surface area contributed by atoms with E-state index in [0.29, 0.717) is 0 Å². The van der Waals surface area contributed by atoms with Crippen LogP contribution in [-0.2, 0) is 15.7 Å². The van der Waals surface area contributed by atoms with Gasteiger partial charge in [0.25, 0.3) is 0 Å². The summed E-state index contributed by atoms with van der Waals surface area (Å²) in [5, 5.41) is 6.85. The SMILES string of the molecule is COCC(N)C(=O)Nc1n[nH]c(C(F)(F)F)n1.Cl. The van der Waals surface area contributed by atoms with Crippen LogP contribution in [0.15, 0.2) is 0 Å². The van der Waals surface area contributed by atoms with Gasteiger partial charge < -0.3 is 10.5 Å². The number of ether oxygens (including phenoxy) is 1. The molecule has 7 nitrogen and oxygen atoms in total. The standard InChI is InChI=1S/C7H10F3N5O2.ClH/c1-17-2-3(11)4(16)12-6-13-5(14-15-6)7(8,9)10;/h3H,2,11H2,1H3,(H2,12,13,14,15,16);1H. The number of hydrogen-bond acceptors (Lipinski definition) is 5. The van der Waals surface area contributed by atoms with Gasteiger partial charge >= 0.3 is 6.18 Å². The summed E-state index contributed by atoms with van der Waals surface area (Å²) >= 11 is 0. The molecule has 11 heteroatoms. The number of rotatable bonds is 4. The molecule has 0 aliphatic heterocycles. The van der Waals surface area contributed by atoms with E-state index in [9.17, 15) is 18.0 Å². The predicted octanol–water partition coefficient (Wildman–Crippen LogP) is 0.157. The highest BCUT2D eigenvalue weighted by atomic mass is 35.5. The van der Waals surface area contributed by atoms with Gasteiger partial charge in [0.05, 0.1) is 6.61 Å². The number of halogens is 4. The van der Waals surface area contributed by atoms with Crippen LogP contribution >= 0.6 is 12.4 Å². The molecule has 1 atom stereocenters. The van der Waals surface area contributed by atoms with Crippen molar-refractivity contribution in [3.05, 3.63) is 5.82 Å². The monoisotopic (exact) mass is 289 g/mol. The Morgan fingerprint density at radius 2 is 2.22 bits per heavy atom. The third kappa shape index (κ3) is 4.47. The molecule has 0 spiro atoms. The first-order chi connectivity index (χ1) is 7.84. The molecule has 0 aromatic carbocycles. The summed E-state index contributed by atoms with van der Waals surface area (Å²) in [6.45, 7) is -0.0671. The normalized spacial score (nSPS) is 12.7. The first-order valence-corrected chi connectivity index (χ1v) is 4.39. The molecular weight excluding hydrogens is 279 g/mol. The lowest BCUT2D eigenvalue weighted by atomic mass is 10.3. The van der Waals surface area contributed by atoms with Gasteiger partial charge in [-0.3, -0.25) is 15.2 Å². The molecule has 18 heavy (non-hydrogen) atoms. The number of nitrogens with zero attached hydrogens (tertiary/aromatic N) is 2. The van der Waals surface area contributed by atoms with Crippen LogP contribution in [0.1, 0.15) is 5.82 Å². The first-order valence-electron chi connectivity index (χ1n) is 4.39. The first kappa shape index (κ1) is 16.6. The molecule has 0 bridgehead atoms. The molecule has 0 aliphatic carbocycles. The van der Waals surface area contributed by atoms with Gasteiger partial charge in [-0.1, -0.05) is 0 Å². The van der Waals surface area contributed by atoms with Crippen molar-refractivity contribution in [3.8, 4) is 0 Å². The molecular formula is C7H11ClF3N5O2. The Labute approximate surface area is 106 Å². The van der Waals surface area contributed by atoms with Crippen molar-refractivity contribution in [2.24, 2.45) is 5.73 Å². The van der Waals surface area contributed by atoms with Crippen LogP contribution in [0.4, 0.5) is 19.1 Å². The molecule has 0 fully saturated rings. The number of amides is 1. The largest absolute Gasteiger partial charge is 0.451 e. The number of aromatic nitrogens is 3. The molecule has 0 aliphatic rings. The zero-order chi connectivity index (χ0) is 13.1. The average molecular weight is 290 g/mol. The second kappa shape index (κ2) is 6.52. The number of H-pyrrole nitrogens is 1. The minimum atomic E-state index is -4.65. The number of carbonyl (C=O) groups excluding carboxylic acids is 1. The Morgan fingerprint density at radius 1 is 1.61 bits per heavy atom. The van der Waals surface area contributed by atoms with E-state index in [1.165, 1.54) is 7.11 Å². The van der Waals surface area contributed by atoms with Gasteiger partial charge in [0, 0.05) is 7.11 Å². The minimum Gasteiger partial charge on any atom is -0.383 e. The van der Waals surface area contributed by atoms with Crippen molar-refractivity contribution in [2.45, 2.75) is 12.2 Å². The van der Waals surface area contributed by atoms with Gasteiger partial charge in [-0.15, -0.1) is 17.5 Å². The number of nitrogens with two attached hydrogens (primary N) is 1. The van der Waals surface area contributed by atoms with Crippen LogP contribution in [0.3, 0.4) is 0 Å². The minimum absolute atomic E-state index is 0. The summed E-state index contributed by atoms with van der Waals surface area (Å²) < 4.78 is 41.0. The number of aromatic amines is 1. The van der Waals surface area contributed by atoms with Crippen LogP contribution in [-0.4, -0.2) is 40.8 Å². The Hall–Kier alpha value is -1.39. The van der Waals surface area contributed by atoms with Crippen molar-refractivity contribution in [2.75, 3.05) is 19.0 Å². The van der Waals surface area contributed by atoms with E-state index < -0.39 is 29.9 Å². The van der Waals surface area contributed by atoms with Crippen molar-refractivity contribution in [1.82, 2.24) is 15.2 Å². The van der Waals surface area contributed by atoms with E-state index in [0.717, 1.165) is 0 Å². The maximum Gasteiger partial charge on any atom is 0.451 e. The summed E-state index contributed by atoms with van der Waals surface area (Å²) in [7, 11) is 1.34. The second-order valence-electron chi connectivity index (χ2n) is 3.06. The molecule has 0 saturated carbocycles. The third-order valence-corrected chi connectivity index (χ3v) is 1.67. The van der Waals surface area contributed by atoms with E-state index in [1.54, 1.807) is 5.10 Å². The number of nitrogens with one attached hydrogen (secondary N) is 2. The predicted molar refractivity (Wildman–Crippen MR) is 57.1 cm³/mol. The van der Waals surface area contributed by atoms with E-state index in [-0.39, 0.29) is 19.0 Å². The molecule has 0 radical (unpaired) electrons. The number of methoxy groups -OCH3 is 1. The van der Waals surface area contributed by atoms with Crippen molar-refractivity contribution >= 4 is 24.3 Å². The van der Waals surface area contributed by atoms with Crippen molar-refractivity contribution in [1.29, 1.82) is 0 Å². The fourth-order valence-corrected chi connectivity index (χ4v) is 0.903. The Kier molecular flexibility index (Phi) is 6.01. The highest BCUT2D eigenvalue weighted by Crippen LogP contribution is 2.26. The fraction of sp³-hybridized carbons (Fsp3) is 0.571. The van der Waals surface area contributed by atoms with E-state index in [1.807, 2.05) is 5.32 Å². The number of carbonyl (C=O) groups is 1. The van der Waals surface area contributed by atoms with Crippen molar-refractivity contribution in [3.63, 3.8) is 0 Å². The zero-order valence-corrected chi connectivity index (χ0v) is 9.93. The molecule has 104 valence electrons. The molecule has 1 aromatic heterocycles. The quantitative estimate of drug-likeness (QED) is 0.732. The Morgan fingerprint density at radius 3 is 2.67 bits per heavy atom. The third-order valence-electron chi connectivity index (χ3n) is 1.67. The highest BCUT2D eigenvalue weighted by molar-refractivity contribution is 5.93. The van der Waals surface area contributed by atoms with Crippen LogP contribution in [0.5, 0.6) is 0 Å². The smallest absolute Gasteiger partial charge is 0.383 e. The van der Waals surface area contributed by atoms with Gasteiger partial charge in [0.15, 0.2) is 0 Å². The van der Waals surface area contributed by atoms with Gasteiger partial charge in [-0.05, 0) is 0 Å². The number of anilines is 1. The van der Waals surface area contributed by atoms with E-state index >= 15 is 0 Å². The van der Waals surface area contributed by atoms with Gasteiger partial charge in [-0.2, -0.15) is 18.2 Å². The molecule has 4 N–H and O–H groups in total. The van der Waals surface area contributed by atoms with Crippen LogP contribution in [0.2, 0.25) is 0 Å². The van der Waals surface area contributed by atoms with Crippen LogP contribution in [0, 0.1) is 0 Å². The summed E-state index contributed by atoms with van der Waals surface area (Å²) in [6, 6.07) is -1.01. The fourth-order valence-electron chi connectivity index (χ4n) is 0.903. The molecule has 1 rings (SSSR count). The summed E-state index contributed by atoms with van der Waals surface area (Å²) in [5.41, 5.74) is 5.34. The summed E-state index contributed by atoms with van der Waals surface area (Å²) in [5.74, 6) is -2.53. The van der Waals surface area contributed by atoms with Crippen LogP contribution < -0.4 is 11.1 Å². The zero-order valence-electron chi connectivity index (χ0n) is 9.11. The maximum absolute atomic E-state index is 12.1. The van der Waals surface area contributed by atoms with Crippen molar-refractivity contribution < 1.29 is 22.7 Å². The van der Waals surface area contributed by atoms with Gasteiger partial charge in [0.2, 0.25) is 17.7 Å². The molecule has 1 aromatic rings. The summed E-state index contributed by atoms with van der Waals surface area (Å²) in [4.78, 5) is 14.3. The Balaban J connectivity index is 0.00000289. The molecule has 1 amide bonds. The molecule has 1 heterocycles. The Bertz CT molecular complexity index is 397. The number of hydrogen-bond donors (Lipinski definition) is 3. The lowest BCUT2D eigenvalue weighted by Gasteiger charge is -2.08. The van der Waals surface area contributed by atoms with Crippen LogP contribution in [0.25, 0.3) is 0 Å². The topological polar surface area (TPSA) is 106 Å². The lowest BCUT2D eigenvalue weighted by Crippen LogP contribution is -2.39. The average Bonchev–Trinajstić information content (AvgIpc) is 2.66. The van der Waals surface area contributed by atoms with E-state index in [2.05, 4.69) is 14.8 Å². The molecule has 0 saturated heterocycles. The maximum atomic E-state index is 12.1. The van der Waals surface area contributed by atoms with Gasteiger partial charge in [-0.25, -0.2) is 0 Å². The summed E-state index contributed by atoms with van der Waals surface area (Å²) in [6.07, 6.45) is -4.65. The van der Waals surface area contributed by atoms with Gasteiger partial charge in [0.1, 0.15) is 6.04 Å². The lowest BCUT2D eigenvalue weighted by molar-refractivity contribution is -0.144.